The van der Waals surface area contributed by atoms with Gasteiger partial charge in [-0.2, -0.15) is 0 Å². The van der Waals surface area contributed by atoms with Gasteiger partial charge >= 0.3 is 0 Å². The zero-order chi connectivity index (χ0) is 12.6. The van der Waals surface area contributed by atoms with E-state index in [1.165, 1.54) is 12.1 Å². The highest BCUT2D eigenvalue weighted by Gasteiger charge is 2.17. The maximum Gasteiger partial charge on any atom is 0.295 e. The van der Waals surface area contributed by atoms with Crippen molar-refractivity contribution in [3.8, 4) is 0 Å². The molecular formula is C11H8Cl2N2O2. The maximum atomic E-state index is 10.9. The standard InChI is InChI=1S/C11H8Cl2N2O2/c1-2-6-5-7-8(12)3-4-9(15(16)17)10(7)14-11(6)13/h3-5H,2H2,1H3. The number of hydrogen-bond acceptors (Lipinski definition) is 3. The molecule has 1 aromatic heterocycles. The summed E-state index contributed by atoms with van der Waals surface area (Å²) >= 11 is 12.0. The van der Waals surface area contributed by atoms with Gasteiger partial charge in [0.05, 0.1) is 9.95 Å². The molecule has 0 saturated heterocycles. The minimum Gasteiger partial charge on any atom is -0.258 e. The maximum absolute atomic E-state index is 10.9. The molecule has 0 atom stereocenters. The van der Waals surface area contributed by atoms with Crippen LogP contribution >= 0.6 is 23.2 Å². The molecule has 0 radical (unpaired) electrons. The Hall–Kier alpha value is -1.39. The van der Waals surface area contributed by atoms with E-state index in [-0.39, 0.29) is 16.4 Å². The monoisotopic (exact) mass is 270 g/mol. The molecule has 17 heavy (non-hydrogen) atoms. The van der Waals surface area contributed by atoms with Gasteiger partial charge in [0, 0.05) is 11.5 Å². The van der Waals surface area contributed by atoms with E-state index >= 15 is 0 Å². The quantitative estimate of drug-likeness (QED) is 0.471. The Balaban J connectivity index is 2.87. The minimum atomic E-state index is -0.492. The van der Waals surface area contributed by atoms with Gasteiger partial charge in [-0.1, -0.05) is 30.1 Å². The summed E-state index contributed by atoms with van der Waals surface area (Å²) in [5.74, 6) is 0. The second kappa shape index (κ2) is 4.47. The number of non-ortho nitro benzene ring substituents is 1. The molecule has 0 amide bonds. The van der Waals surface area contributed by atoms with Gasteiger partial charge in [0.15, 0.2) is 5.52 Å². The lowest BCUT2D eigenvalue weighted by atomic mass is 10.1. The van der Waals surface area contributed by atoms with E-state index in [0.717, 1.165) is 5.56 Å². The molecule has 6 heteroatoms. The Labute approximate surface area is 107 Å². The van der Waals surface area contributed by atoms with E-state index in [0.29, 0.717) is 16.8 Å². The summed E-state index contributed by atoms with van der Waals surface area (Å²) in [6, 6.07) is 4.58. The van der Waals surface area contributed by atoms with Crippen LogP contribution in [-0.2, 0) is 6.42 Å². The second-order valence-electron chi connectivity index (χ2n) is 3.51. The van der Waals surface area contributed by atoms with Crippen molar-refractivity contribution in [2.45, 2.75) is 13.3 Å². The fourth-order valence-corrected chi connectivity index (χ4v) is 2.11. The van der Waals surface area contributed by atoms with Gasteiger partial charge in [0.1, 0.15) is 5.15 Å². The van der Waals surface area contributed by atoms with Crippen molar-refractivity contribution in [3.63, 3.8) is 0 Å². The Kier molecular flexibility index (Phi) is 3.17. The predicted molar refractivity (Wildman–Crippen MR) is 67.8 cm³/mol. The zero-order valence-electron chi connectivity index (χ0n) is 8.91. The van der Waals surface area contributed by atoms with Crippen molar-refractivity contribution in [3.05, 3.63) is 44.1 Å². The Morgan fingerprint density at radius 2 is 2.12 bits per heavy atom. The summed E-state index contributed by atoms with van der Waals surface area (Å²) in [7, 11) is 0. The van der Waals surface area contributed by atoms with Gasteiger partial charge in [-0.05, 0) is 24.1 Å². The van der Waals surface area contributed by atoms with Crippen LogP contribution in [-0.4, -0.2) is 9.91 Å². The number of pyridine rings is 1. The summed E-state index contributed by atoms with van der Waals surface area (Å²) in [6.45, 7) is 1.93. The first kappa shape index (κ1) is 12.1. The van der Waals surface area contributed by atoms with Crippen molar-refractivity contribution < 1.29 is 4.92 Å². The summed E-state index contributed by atoms with van der Waals surface area (Å²) < 4.78 is 0. The molecule has 0 spiro atoms. The number of fused-ring (bicyclic) bond motifs is 1. The van der Waals surface area contributed by atoms with E-state index in [1.54, 1.807) is 6.07 Å². The van der Waals surface area contributed by atoms with Gasteiger partial charge in [0.25, 0.3) is 5.69 Å². The van der Waals surface area contributed by atoms with Crippen LogP contribution in [0.25, 0.3) is 10.9 Å². The smallest absolute Gasteiger partial charge is 0.258 e. The summed E-state index contributed by atoms with van der Waals surface area (Å²) in [5, 5.41) is 12.1. The lowest BCUT2D eigenvalue weighted by molar-refractivity contribution is -0.383. The largest absolute Gasteiger partial charge is 0.295 e. The van der Waals surface area contributed by atoms with E-state index in [4.69, 9.17) is 23.2 Å². The predicted octanol–water partition coefficient (Wildman–Crippen LogP) is 4.01. The third-order valence-electron chi connectivity index (χ3n) is 2.51. The lowest BCUT2D eigenvalue weighted by Gasteiger charge is -2.05. The first-order chi connectivity index (χ1) is 8.04. The average molecular weight is 271 g/mol. The SMILES string of the molecule is CCc1cc2c(Cl)ccc([N+](=O)[O-])c2nc1Cl. The highest BCUT2D eigenvalue weighted by molar-refractivity contribution is 6.36. The zero-order valence-corrected chi connectivity index (χ0v) is 10.4. The first-order valence-corrected chi connectivity index (χ1v) is 5.72. The van der Waals surface area contributed by atoms with Crippen LogP contribution in [0.5, 0.6) is 0 Å². The molecule has 4 nitrogen and oxygen atoms in total. The molecule has 2 aromatic rings. The number of hydrogen-bond donors (Lipinski definition) is 0. The van der Waals surface area contributed by atoms with E-state index in [1.807, 2.05) is 6.92 Å². The van der Waals surface area contributed by atoms with Gasteiger partial charge in [-0.25, -0.2) is 4.98 Å². The second-order valence-corrected chi connectivity index (χ2v) is 4.28. The number of nitrogens with zero attached hydrogens (tertiary/aromatic N) is 2. The Morgan fingerprint density at radius 3 is 2.71 bits per heavy atom. The van der Waals surface area contributed by atoms with Gasteiger partial charge in [0.2, 0.25) is 0 Å². The van der Waals surface area contributed by atoms with Crippen LogP contribution < -0.4 is 0 Å². The van der Waals surface area contributed by atoms with Crippen LogP contribution in [0.1, 0.15) is 12.5 Å². The highest BCUT2D eigenvalue weighted by atomic mass is 35.5. The molecule has 0 aliphatic rings. The minimum absolute atomic E-state index is 0.0889. The van der Waals surface area contributed by atoms with Crippen LogP contribution in [0, 0.1) is 10.1 Å². The number of benzene rings is 1. The molecule has 1 aromatic carbocycles. The number of aryl methyl sites for hydroxylation is 1. The normalized spacial score (nSPS) is 10.8. The summed E-state index contributed by atoms with van der Waals surface area (Å²) in [6.07, 6.45) is 0.695. The molecule has 0 fully saturated rings. The van der Waals surface area contributed by atoms with Gasteiger partial charge in [-0.3, -0.25) is 10.1 Å². The number of halogens is 2. The molecule has 0 saturated carbocycles. The van der Waals surface area contributed by atoms with E-state index < -0.39 is 4.92 Å². The first-order valence-electron chi connectivity index (χ1n) is 4.96. The Bertz CT molecular complexity index is 614. The van der Waals surface area contributed by atoms with Crippen LogP contribution in [0.15, 0.2) is 18.2 Å². The topological polar surface area (TPSA) is 56.0 Å². The van der Waals surface area contributed by atoms with Gasteiger partial charge in [-0.15, -0.1) is 0 Å². The van der Waals surface area contributed by atoms with Crippen LogP contribution in [0.2, 0.25) is 10.2 Å². The lowest BCUT2D eigenvalue weighted by Crippen LogP contribution is -1.94. The van der Waals surface area contributed by atoms with E-state index in [2.05, 4.69) is 4.98 Å². The number of aromatic nitrogens is 1. The molecule has 88 valence electrons. The van der Waals surface area contributed by atoms with Crippen LogP contribution in [0.3, 0.4) is 0 Å². The van der Waals surface area contributed by atoms with Crippen LogP contribution in [0.4, 0.5) is 5.69 Å². The summed E-state index contributed by atoms with van der Waals surface area (Å²) in [4.78, 5) is 14.4. The third kappa shape index (κ3) is 2.06. The Morgan fingerprint density at radius 1 is 1.41 bits per heavy atom. The highest BCUT2D eigenvalue weighted by Crippen LogP contribution is 2.32. The molecule has 0 aliphatic heterocycles. The summed E-state index contributed by atoms with van der Waals surface area (Å²) in [5.41, 5.74) is 0.959. The van der Waals surface area contributed by atoms with Crippen molar-refractivity contribution in [1.82, 2.24) is 4.98 Å². The molecular weight excluding hydrogens is 263 g/mol. The van der Waals surface area contributed by atoms with Gasteiger partial charge < -0.3 is 0 Å². The van der Waals surface area contributed by atoms with E-state index in [9.17, 15) is 10.1 Å². The average Bonchev–Trinajstić information content (AvgIpc) is 2.28. The molecule has 0 unspecified atom stereocenters. The van der Waals surface area contributed by atoms with Crippen molar-refractivity contribution in [2.24, 2.45) is 0 Å². The van der Waals surface area contributed by atoms with Crippen molar-refractivity contribution in [1.29, 1.82) is 0 Å². The number of nitro groups is 1. The molecule has 0 bridgehead atoms. The molecule has 1 heterocycles. The number of nitro benzene ring substituents is 1. The molecule has 0 aliphatic carbocycles. The molecule has 0 N–H and O–H groups in total. The molecule has 2 rings (SSSR count). The number of rotatable bonds is 2. The van der Waals surface area contributed by atoms with Crippen molar-refractivity contribution >= 4 is 39.8 Å². The third-order valence-corrected chi connectivity index (χ3v) is 3.17. The van der Waals surface area contributed by atoms with Crippen molar-refractivity contribution in [2.75, 3.05) is 0 Å². The fraction of sp³-hybridized carbons (Fsp3) is 0.182. The fourth-order valence-electron chi connectivity index (χ4n) is 1.63.